The standard InChI is InChI=1S/C10H18N2.C9H17N3.2C9H16N2O.C9H16N2.C8H15N3.2C8H14N2O/c1-10(2,3)7-4-5-9-6-8-11-12-9;1-9(2,3)5-4-6-12-8-10-7-11-12;1-9(2,3)6-4-5-8-11-10-7-12-8;1-9(2,3)6-4-5-8-10-7-11-12-8;1-9(2,3)6-4-8-5-7-10-11-8;1-8(2,3)4-5-11-7-9-6-10-11;1-8(2,3)5-4-7-10-9-6-11-7;1-8(2,3)5-4-7-9-6-10-11-7/h8H,4-7H2,1-3H3;7-8H,4-6H2,1-3H3;2*7H,4-6H2,1-3H3;7H,4-6H2,1-3H3;6-7H,4-5H2,1-3H3;2*6H,4-5H2,1-3H3. The van der Waals surface area contributed by atoms with Gasteiger partial charge >= 0.3 is 0 Å². The molecule has 22 heteroatoms. The van der Waals surface area contributed by atoms with E-state index >= 15 is 0 Å². The minimum absolute atomic E-state index is 0.342. The van der Waals surface area contributed by atoms with E-state index in [9.17, 15) is 0 Å². The Labute approximate surface area is 555 Å². The Bertz CT molecular complexity index is 2530. The van der Waals surface area contributed by atoms with E-state index in [4.69, 9.17) is 17.9 Å². The first-order chi connectivity index (χ1) is 42.6. The molecule has 6 aromatic rings. The van der Waals surface area contributed by atoms with E-state index in [-0.39, 0.29) is 0 Å². The first-order valence-corrected chi connectivity index (χ1v) is 33.4. The molecule has 0 atom stereocenters. The highest BCUT2D eigenvalue weighted by molar-refractivity contribution is 5.98. The van der Waals surface area contributed by atoms with Crippen molar-refractivity contribution in [3.63, 3.8) is 0 Å². The van der Waals surface area contributed by atoms with Gasteiger partial charge in [-0.2, -0.15) is 40.6 Å². The smallest absolute Gasteiger partial charge is 0.226 e. The Hall–Kier alpha value is -6.48. The summed E-state index contributed by atoms with van der Waals surface area (Å²) >= 11 is 0. The van der Waals surface area contributed by atoms with Crippen LogP contribution in [0.15, 0.2) is 89.0 Å². The Morgan fingerprint density at radius 1 is 0.359 bits per heavy atom. The van der Waals surface area contributed by atoms with E-state index in [1.165, 1.54) is 81.8 Å². The minimum atomic E-state index is 0.342. The topological polar surface area (TPSA) is 267 Å². The molecule has 0 N–H and O–H groups in total. The lowest BCUT2D eigenvalue weighted by Gasteiger charge is -2.17. The zero-order valence-electron chi connectivity index (χ0n) is 62.0. The van der Waals surface area contributed by atoms with E-state index in [1.54, 1.807) is 25.3 Å². The maximum Gasteiger partial charge on any atom is 0.226 e. The summed E-state index contributed by atoms with van der Waals surface area (Å²) in [4.78, 5) is 15.7. The van der Waals surface area contributed by atoms with Crippen molar-refractivity contribution >= 4 is 23.9 Å². The number of rotatable bonds is 20. The Morgan fingerprint density at radius 3 is 1.05 bits per heavy atom. The van der Waals surface area contributed by atoms with Crippen LogP contribution >= 0.6 is 0 Å². The number of aryl methyl sites for hydroxylation is 6. The van der Waals surface area contributed by atoms with Crippen molar-refractivity contribution in [1.29, 1.82) is 0 Å². The first-order valence-electron chi connectivity index (χ1n) is 33.4. The Kier molecular flexibility index (Phi) is 38.8. The normalized spacial score (nSPS) is 13.2. The highest BCUT2D eigenvalue weighted by Crippen LogP contribution is 2.26. The zero-order valence-corrected chi connectivity index (χ0v) is 62.0. The minimum Gasteiger partial charge on any atom is -0.428 e. The van der Waals surface area contributed by atoms with E-state index < -0.39 is 0 Å². The van der Waals surface area contributed by atoms with Gasteiger partial charge in [0.15, 0.2) is 12.7 Å². The molecular weight excluding hydrogens is 1160 g/mol. The van der Waals surface area contributed by atoms with Gasteiger partial charge in [-0.15, -0.1) is 20.4 Å². The van der Waals surface area contributed by atoms with Crippen LogP contribution < -0.4 is 0 Å². The zero-order chi connectivity index (χ0) is 69.4. The number of hydrogen-bond acceptors (Lipinski definition) is 20. The third-order valence-corrected chi connectivity index (χ3v) is 13.5. The summed E-state index contributed by atoms with van der Waals surface area (Å²) in [5.41, 5.74) is 5.67. The van der Waals surface area contributed by atoms with Gasteiger partial charge in [-0.1, -0.05) is 176 Å². The molecule has 0 saturated carbocycles. The first kappa shape index (κ1) is 83.5. The predicted octanol–water partition coefficient (Wildman–Crippen LogP) is 18.5. The van der Waals surface area contributed by atoms with Crippen molar-refractivity contribution in [2.75, 3.05) is 0 Å². The summed E-state index contributed by atoms with van der Waals surface area (Å²) in [5.74, 6) is 2.97. The highest BCUT2D eigenvalue weighted by atomic mass is 16.5. The Morgan fingerprint density at radius 2 is 0.707 bits per heavy atom. The molecule has 92 heavy (non-hydrogen) atoms. The molecule has 6 aromatic heterocycles. The van der Waals surface area contributed by atoms with Crippen LogP contribution in [-0.2, 0) is 38.8 Å². The van der Waals surface area contributed by atoms with E-state index in [2.05, 4.69) is 247 Å². The summed E-state index contributed by atoms with van der Waals surface area (Å²) < 4.78 is 23.5. The molecule has 8 rings (SSSR count). The molecule has 0 spiro atoms. The van der Waals surface area contributed by atoms with Gasteiger partial charge in [0, 0.05) is 75.5 Å². The van der Waals surface area contributed by atoms with Crippen LogP contribution in [0.4, 0.5) is 0 Å². The molecule has 520 valence electrons. The van der Waals surface area contributed by atoms with Gasteiger partial charge in [-0.25, -0.2) is 9.97 Å². The summed E-state index contributed by atoms with van der Waals surface area (Å²) in [6.45, 7) is 55.6. The fraction of sp³-hybridized carbons (Fsp3) is 0.771. The van der Waals surface area contributed by atoms with Crippen LogP contribution in [0.1, 0.15) is 292 Å². The molecule has 0 aliphatic carbocycles. The summed E-state index contributed by atoms with van der Waals surface area (Å²) in [6, 6.07) is 0. The lowest BCUT2D eigenvalue weighted by atomic mass is 9.89. The van der Waals surface area contributed by atoms with E-state index in [0.717, 1.165) is 120 Å². The van der Waals surface area contributed by atoms with E-state index in [1.807, 2.05) is 21.8 Å². The molecule has 0 bridgehead atoms. The SMILES string of the molecule is CC(C)(C)CCC1=NN=CC1.CC(C)(C)CCCC1=NN=CC1.CC(C)(C)CCCc1ncno1.CC(C)(C)CCCc1nnco1.CC(C)(C)CCCn1cncn1.CC(C)(C)CCc1ncno1.CC(C)(C)CCc1nnco1.CC(C)(C)CCn1cncn1. The molecule has 2 aliphatic heterocycles. The molecule has 0 unspecified atom stereocenters. The number of nitrogens with zero attached hydrogens (tertiary/aromatic N) is 18. The molecule has 2 aliphatic rings. The third-order valence-electron chi connectivity index (χ3n) is 13.5. The molecule has 8 heterocycles. The second kappa shape index (κ2) is 42.7. The summed E-state index contributed by atoms with van der Waals surface area (Å²) in [5, 5.41) is 45.7. The molecule has 0 fully saturated rings. The lowest BCUT2D eigenvalue weighted by Crippen LogP contribution is -2.10. The molecule has 22 nitrogen and oxygen atoms in total. The van der Waals surface area contributed by atoms with Crippen molar-refractivity contribution in [3.05, 3.63) is 74.3 Å². The van der Waals surface area contributed by atoms with Gasteiger partial charge in [0.2, 0.25) is 36.4 Å². The highest BCUT2D eigenvalue weighted by Gasteiger charge is 2.17. The van der Waals surface area contributed by atoms with Gasteiger partial charge in [0.25, 0.3) is 0 Å². The fourth-order valence-electron chi connectivity index (χ4n) is 7.91. The third kappa shape index (κ3) is 55.2. The van der Waals surface area contributed by atoms with Crippen LogP contribution in [0.5, 0.6) is 0 Å². The summed E-state index contributed by atoms with van der Waals surface area (Å²) in [6.07, 6.45) is 37.8. The molecular formula is C70H126N18O4. The molecule has 0 radical (unpaired) electrons. The van der Waals surface area contributed by atoms with Crippen LogP contribution in [0.3, 0.4) is 0 Å². The number of aromatic nitrogens is 14. The van der Waals surface area contributed by atoms with Crippen LogP contribution in [-0.4, -0.2) is 94.1 Å². The van der Waals surface area contributed by atoms with Crippen molar-refractivity contribution in [1.82, 2.24) is 70.2 Å². The van der Waals surface area contributed by atoms with Crippen molar-refractivity contribution < 1.29 is 17.9 Å². The average molecular weight is 1280 g/mol. The second-order valence-electron chi connectivity index (χ2n) is 33.4. The lowest BCUT2D eigenvalue weighted by molar-refractivity contribution is 0.327. The van der Waals surface area contributed by atoms with Crippen LogP contribution in [0.25, 0.3) is 0 Å². The Balaban J connectivity index is 0.000000526. The van der Waals surface area contributed by atoms with Gasteiger partial charge < -0.3 is 17.9 Å². The average Bonchev–Trinajstić information content (AvgIpc) is 4.45. The maximum atomic E-state index is 5.03. The monoisotopic (exact) mass is 1280 g/mol. The molecule has 0 saturated heterocycles. The second-order valence-corrected chi connectivity index (χ2v) is 33.4. The quantitative estimate of drug-likeness (QED) is 0.0687. The molecule has 0 amide bonds. The fourth-order valence-corrected chi connectivity index (χ4v) is 7.91. The predicted molar refractivity (Wildman–Crippen MR) is 373 cm³/mol. The van der Waals surface area contributed by atoms with Gasteiger partial charge in [0.1, 0.15) is 25.3 Å². The largest absolute Gasteiger partial charge is 0.428 e. The van der Waals surface area contributed by atoms with Gasteiger partial charge in [-0.3, -0.25) is 9.36 Å². The van der Waals surface area contributed by atoms with Crippen molar-refractivity contribution in [3.8, 4) is 0 Å². The molecule has 0 aromatic carbocycles. The van der Waals surface area contributed by atoms with Crippen molar-refractivity contribution in [2.24, 2.45) is 63.7 Å². The number of hydrogen-bond donors (Lipinski definition) is 0. The van der Waals surface area contributed by atoms with Gasteiger partial charge in [-0.05, 0) is 133 Å². The van der Waals surface area contributed by atoms with Crippen LogP contribution in [0, 0.1) is 43.3 Å². The van der Waals surface area contributed by atoms with Crippen molar-refractivity contribution in [2.45, 2.75) is 308 Å². The summed E-state index contributed by atoms with van der Waals surface area (Å²) in [7, 11) is 0. The van der Waals surface area contributed by atoms with Gasteiger partial charge in [0.05, 0.1) is 0 Å². The van der Waals surface area contributed by atoms with E-state index in [0.29, 0.717) is 43.3 Å². The van der Waals surface area contributed by atoms with Crippen LogP contribution in [0.2, 0.25) is 0 Å². The maximum absolute atomic E-state index is 5.03.